The van der Waals surface area contributed by atoms with E-state index in [1.54, 1.807) is 24.5 Å². The molecule has 0 unspecified atom stereocenters. The summed E-state index contributed by atoms with van der Waals surface area (Å²) in [5, 5.41) is 3.65. The average Bonchev–Trinajstić information content (AvgIpc) is 3.29. The molecule has 0 aliphatic carbocycles. The zero-order chi connectivity index (χ0) is 28.8. The number of hydrogen-bond donors (Lipinski definition) is 0. The van der Waals surface area contributed by atoms with E-state index in [1.165, 1.54) is 23.9 Å². The number of nitrogens with zero attached hydrogens (tertiary/aromatic N) is 4. The van der Waals surface area contributed by atoms with Gasteiger partial charge in [0.2, 0.25) is 9.84 Å². The van der Waals surface area contributed by atoms with Crippen molar-refractivity contribution >= 4 is 23.9 Å². The van der Waals surface area contributed by atoms with Crippen molar-refractivity contribution in [3.8, 4) is 22.9 Å². The summed E-state index contributed by atoms with van der Waals surface area (Å²) >= 11 is 0. The molecule has 0 amide bonds. The highest BCUT2D eigenvalue weighted by molar-refractivity contribution is 7.91. The molecule has 0 spiro atoms. The van der Waals surface area contributed by atoms with Crippen LogP contribution in [0.5, 0.6) is 11.8 Å². The Hall–Kier alpha value is -3.16. The Labute approximate surface area is 229 Å². The van der Waals surface area contributed by atoms with Gasteiger partial charge in [0.25, 0.3) is 5.16 Å². The number of ether oxygens (including phenoxy) is 3. The predicted octanol–water partition coefficient (Wildman–Crippen LogP) is 5.04. The highest BCUT2D eigenvalue weighted by Gasteiger charge is 2.27. The molecule has 39 heavy (non-hydrogen) atoms. The van der Waals surface area contributed by atoms with Crippen LogP contribution in [-0.2, 0) is 30.8 Å². The Bertz CT molecular complexity index is 1390. The van der Waals surface area contributed by atoms with Crippen LogP contribution in [0.2, 0.25) is 25.7 Å². The summed E-state index contributed by atoms with van der Waals surface area (Å²) < 4.78 is 58.4. The van der Waals surface area contributed by atoms with Crippen molar-refractivity contribution < 1.29 is 31.8 Å². The summed E-state index contributed by atoms with van der Waals surface area (Å²) in [4.78, 5) is 19.8. The van der Waals surface area contributed by atoms with Gasteiger partial charge in [0, 0.05) is 38.2 Å². The van der Waals surface area contributed by atoms with E-state index in [0.29, 0.717) is 29.0 Å². The number of rotatable bonds is 13. The summed E-state index contributed by atoms with van der Waals surface area (Å²) in [5.74, 6) is -1.47. The topological polar surface area (TPSA) is 123 Å². The highest BCUT2D eigenvalue weighted by Crippen LogP contribution is 2.40. The molecule has 0 fully saturated rings. The summed E-state index contributed by atoms with van der Waals surface area (Å²) in [6.07, 6.45) is 2.82. The molecule has 0 saturated heterocycles. The number of halogens is 1. The minimum atomic E-state index is -4.05. The van der Waals surface area contributed by atoms with Crippen LogP contribution in [-0.4, -0.2) is 61.7 Å². The smallest absolute Gasteiger partial charge is 0.323 e. The number of benzene rings is 1. The second kappa shape index (κ2) is 12.8. The molecule has 0 saturated carbocycles. The van der Waals surface area contributed by atoms with Crippen molar-refractivity contribution in [3.63, 3.8) is 0 Å². The second-order valence-corrected chi connectivity index (χ2v) is 18.2. The summed E-state index contributed by atoms with van der Waals surface area (Å²) in [5.41, 5.74) is 1.67. The maximum absolute atomic E-state index is 14.7. The molecule has 0 N–H and O–H groups in total. The van der Waals surface area contributed by atoms with E-state index < -0.39 is 40.6 Å². The van der Waals surface area contributed by atoms with Crippen molar-refractivity contribution in [2.24, 2.45) is 0 Å². The fourth-order valence-corrected chi connectivity index (χ4v) is 5.35. The maximum Gasteiger partial charge on any atom is 0.323 e. The van der Waals surface area contributed by atoms with E-state index >= 15 is 0 Å². The average molecular weight is 579 g/mol. The Morgan fingerprint density at radius 1 is 1.15 bits per heavy atom. The van der Waals surface area contributed by atoms with Gasteiger partial charge in [-0.3, -0.25) is 9.78 Å². The zero-order valence-corrected chi connectivity index (χ0v) is 24.9. The van der Waals surface area contributed by atoms with Gasteiger partial charge in [-0.2, -0.15) is 9.67 Å². The lowest BCUT2D eigenvalue weighted by molar-refractivity contribution is -0.140. The summed E-state index contributed by atoms with van der Waals surface area (Å²) in [6.45, 7) is 10.8. The van der Waals surface area contributed by atoms with Crippen LogP contribution in [0.25, 0.3) is 11.1 Å². The maximum atomic E-state index is 14.7. The first-order valence-corrected chi connectivity index (χ1v) is 17.9. The molecule has 212 valence electrons. The SMILES string of the molecule is COC(=O)CCS(=O)(=O)c1nc(Oc2c(-c3ccncc3)cc(F)cc2C(C)C)n(COCC[Si](C)(C)C)n1. The molecule has 10 nitrogen and oxygen atoms in total. The van der Waals surface area contributed by atoms with E-state index in [9.17, 15) is 17.6 Å². The van der Waals surface area contributed by atoms with Gasteiger partial charge < -0.3 is 14.2 Å². The van der Waals surface area contributed by atoms with Gasteiger partial charge in [0.15, 0.2) is 0 Å². The van der Waals surface area contributed by atoms with Crippen LogP contribution < -0.4 is 4.74 Å². The van der Waals surface area contributed by atoms with Gasteiger partial charge >= 0.3 is 12.0 Å². The molecule has 0 bridgehead atoms. The number of hydrogen-bond acceptors (Lipinski definition) is 9. The zero-order valence-electron chi connectivity index (χ0n) is 23.1. The summed E-state index contributed by atoms with van der Waals surface area (Å²) in [7, 11) is -4.24. The Kier molecular flexibility index (Phi) is 9.97. The molecule has 3 aromatic rings. The van der Waals surface area contributed by atoms with Crippen LogP contribution in [0.15, 0.2) is 41.8 Å². The molecule has 3 rings (SSSR count). The van der Waals surface area contributed by atoms with Crippen molar-refractivity contribution in [1.82, 2.24) is 19.7 Å². The molecule has 2 heterocycles. The number of methoxy groups -OCH3 is 1. The number of pyridine rings is 1. The largest absolute Gasteiger partial charge is 0.469 e. The van der Waals surface area contributed by atoms with E-state index in [2.05, 4.69) is 39.4 Å². The van der Waals surface area contributed by atoms with Gasteiger partial charge in [-0.1, -0.05) is 33.5 Å². The van der Waals surface area contributed by atoms with Crippen molar-refractivity contribution in [2.75, 3.05) is 19.5 Å². The van der Waals surface area contributed by atoms with Crippen molar-refractivity contribution in [2.45, 2.75) is 63.8 Å². The van der Waals surface area contributed by atoms with Crippen LogP contribution in [0, 0.1) is 5.82 Å². The molecule has 1 aromatic carbocycles. The molecular formula is C26H35FN4O6SSi. The normalized spacial score (nSPS) is 12.1. The molecule has 0 aliphatic rings. The molecular weight excluding hydrogens is 543 g/mol. The van der Waals surface area contributed by atoms with Crippen LogP contribution >= 0.6 is 0 Å². The molecule has 13 heteroatoms. The monoisotopic (exact) mass is 578 g/mol. The first kappa shape index (κ1) is 30.4. The number of carbonyl (C=O) groups is 1. The third kappa shape index (κ3) is 8.41. The van der Waals surface area contributed by atoms with Gasteiger partial charge in [0.1, 0.15) is 18.3 Å². The minimum Gasteiger partial charge on any atom is -0.469 e. The number of aromatic nitrogens is 4. The van der Waals surface area contributed by atoms with Gasteiger partial charge in [0.05, 0.1) is 19.3 Å². The van der Waals surface area contributed by atoms with Crippen LogP contribution in [0.3, 0.4) is 0 Å². The lowest BCUT2D eigenvalue weighted by atomic mass is 9.95. The Balaban J connectivity index is 2.05. The summed E-state index contributed by atoms with van der Waals surface area (Å²) in [6, 6.07) is 6.92. The highest BCUT2D eigenvalue weighted by atomic mass is 32.2. The lowest BCUT2D eigenvalue weighted by Gasteiger charge is -2.18. The van der Waals surface area contributed by atoms with E-state index in [0.717, 1.165) is 6.04 Å². The molecule has 0 radical (unpaired) electrons. The number of carbonyl (C=O) groups excluding carboxylic acids is 1. The first-order valence-electron chi connectivity index (χ1n) is 12.5. The van der Waals surface area contributed by atoms with Crippen LogP contribution in [0.4, 0.5) is 4.39 Å². The number of sulfone groups is 1. The first-order chi connectivity index (χ1) is 18.3. The Morgan fingerprint density at radius 2 is 1.85 bits per heavy atom. The van der Waals surface area contributed by atoms with Gasteiger partial charge in [-0.15, -0.1) is 5.10 Å². The van der Waals surface area contributed by atoms with Crippen molar-refractivity contribution in [3.05, 3.63) is 48.0 Å². The minimum absolute atomic E-state index is 0.109. The van der Waals surface area contributed by atoms with Gasteiger partial charge in [-0.05, 0) is 41.8 Å². The molecule has 0 atom stereocenters. The van der Waals surface area contributed by atoms with E-state index in [1.807, 2.05) is 13.8 Å². The molecule has 2 aromatic heterocycles. The lowest BCUT2D eigenvalue weighted by Crippen LogP contribution is -2.22. The predicted molar refractivity (Wildman–Crippen MR) is 147 cm³/mol. The second-order valence-electron chi connectivity index (χ2n) is 10.5. The third-order valence-corrected chi connectivity index (χ3v) is 8.97. The quantitative estimate of drug-likeness (QED) is 0.156. The van der Waals surface area contributed by atoms with Crippen molar-refractivity contribution in [1.29, 1.82) is 0 Å². The number of esters is 1. The fourth-order valence-electron chi connectivity index (χ4n) is 3.53. The van der Waals surface area contributed by atoms with E-state index in [-0.39, 0.29) is 25.1 Å². The third-order valence-electron chi connectivity index (χ3n) is 5.80. The molecule has 0 aliphatic heterocycles. The van der Waals surface area contributed by atoms with Crippen LogP contribution in [0.1, 0.15) is 31.7 Å². The van der Waals surface area contributed by atoms with E-state index in [4.69, 9.17) is 9.47 Å². The van der Waals surface area contributed by atoms with Gasteiger partial charge in [-0.25, -0.2) is 12.8 Å². The Morgan fingerprint density at radius 3 is 2.46 bits per heavy atom. The standard InChI is InChI=1S/C26H35FN4O6SSi/c1-18(2)21-15-20(27)16-22(19-7-10-28-11-8-19)24(21)37-26-29-25(38(33,34)13-9-23(32)35-3)30-31(26)17-36-12-14-39(4,5)6/h7-8,10-11,15-16,18H,9,12-14,17H2,1-6H3. The fraction of sp³-hybridized carbons (Fsp3) is 0.462.